The van der Waals surface area contributed by atoms with Crippen LogP contribution in [0.25, 0.3) is 10.9 Å². The molecule has 0 spiro atoms. The fourth-order valence-electron chi connectivity index (χ4n) is 3.11. The Labute approximate surface area is 152 Å². The van der Waals surface area contributed by atoms with Crippen molar-refractivity contribution in [2.24, 2.45) is 0 Å². The zero-order valence-electron chi connectivity index (χ0n) is 14.3. The van der Waals surface area contributed by atoms with E-state index in [1.165, 1.54) is 6.07 Å². The van der Waals surface area contributed by atoms with E-state index in [-0.39, 0.29) is 11.7 Å². The number of carbonyl (C=O) groups is 1. The molecule has 5 heteroatoms. The molecule has 1 heterocycles. The van der Waals surface area contributed by atoms with Crippen molar-refractivity contribution in [3.05, 3.63) is 58.7 Å². The summed E-state index contributed by atoms with van der Waals surface area (Å²) in [5, 5.41) is 14.3. The Balaban J connectivity index is 2.05. The van der Waals surface area contributed by atoms with Crippen molar-refractivity contribution in [1.29, 1.82) is 0 Å². The number of hydrogen-bond acceptors (Lipinski definition) is 2. The number of nitrogens with one attached hydrogen (secondary N) is 1. The number of rotatable bonds is 5. The molecule has 0 aliphatic heterocycles. The summed E-state index contributed by atoms with van der Waals surface area (Å²) in [5.74, 6) is -0.256. The smallest absolute Gasteiger partial charge is 0.272 e. The maximum atomic E-state index is 13.0. The van der Waals surface area contributed by atoms with Crippen LogP contribution in [0, 0.1) is 6.92 Å². The summed E-state index contributed by atoms with van der Waals surface area (Å²) < 4.78 is 2.06. The third-order valence-corrected chi connectivity index (χ3v) is 4.62. The van der Waals surface area contributed by atoms with E-state index in [0.29, 0.717) is 16.4 Å². The lowest BCUT2D eigenvalue weighted by Crippen LogP contribution is -2.18. The van der Waals surface area contributed by atoms with Gasteiger partial charge in [-0.25, -0.2) is 0 Å². The highest BCUT2D eigenvalue weighted by molar-refractivity contribution is 6.31. The molecule has 0 bridgehead atoms. The molecule has 0 unspecified atom stereocenters. The zero-order valence-corrected chi connectivity index (χ0v) is 15.1. The Morgan fingerprint density at radius 3 is 2.76 bits per heavy atom. The molecule has 2 aromatic carbocycles. The van der Waals surface area contributed by atoms with Crippen molar-refractivity contribution in [3.63, 3.8) is 0 Å². The van der Waals surface area contributed by atoms with Crippen LogP contribution in [0.15, 0.2) is 42.5 Å². The van der Waals surface area contributed by atoms with Gasteiger partial charge in [-0.15, -0.1) is 0 Å². The first-order valence-corrected chi connectivity index (χ1v) is 8.78. The number of nitrogens with zero attached hydrogens (tertiary/aromatic N) is 1. The number of aromatic hydroxyl groups is 1. The molecule has 0 saturated heterocycles. The van der Waals surface area contributed by atoms with Crippen molar-refractivity contribution in [3.8, 4) is 5.75 Å². The largest absolute Gasteiger partial charge is 0.506 e. The average molecular weight is 357 g/mol. The Kier molecular flexibility index (Phi) is 5.00. The van der Waals surface area contributed by atoms with E-state index in [9.17, 15) is 9.90 Å². The molecule has 130 valence electrons. The number of phenolic OH excluding ortho intramolecular Hbond substituents is 1. The number of hydrogen-bond donors (Lipinski definition) is 2. The molecule has 2 N–H and O–H groups in total. The van der Waals surface area contributed by atoms with Gasteiger partial charge in [-0.1, -0.05) is 43.1 Å². The summed E-state index contributed by atoms with van der Waals surface area (Å²) in [5.41, 5.74) is 2.91. The molecule has 1 amide bonds. The van der Waals surface area contributed by atoms with Crippen molar-refractivity contribution in [2.75, 3.05) is 5.32 Å². The number of phenols is 1. The molecular formula is C20H21ClN2O2. The maximum absolute atomic E-state index is 13.0. The monoisotopic (exact) mass is 356 g/mol. The van der Waals surface area contributed by atoms with Crippen LogP contribution < -0.4 is 5.32 Å². The number of unbranched alkanes of at least 4 members (excludes halogenated alkanes) is 1. The lowest BCUT2D eigenvalue weighted by atomic mass is 10.1. The number of aryl methyl sites for hydroxylation is 2. The first kappa shape index (κ1) is 17.4. The van der Waals surface area contributed by atoms with Crippen LogP contribution in [0.4, 0.5) is 5.69 Å². The van der Waals surface area contributed by atoms with Gasteiger partial charge in [0.2, 0.25) is 0 Å². The van der Waals surface area contributed by atoms with Gasteiger partial charge in [0.15, 0.2) is 0 Å². The molecule has 0 aliphatic rings. The number of carbonyl (C=O) groups excluding carboxylic acids is 1. The van der Waals surface area contributed by atoms with E-state index in [1.54, 1.807) is 12.1 Å². The summed E-state index contributed by atoms with van der Waals surface area (Å²) in [4.78, 5) is 13.0. The van der Waals surface area contributed by atoms with Crippen LogP contribution in [0.1, 0.15) is 35.8 Å². The lowest BCUT2D eigenvalue weighted by molar-refractivity contribution is 0.101. The molecule has 4 nitrogen and oxygen atoms in total. The van der Waals surface area contributed by atoms with E-state index in [4.69, 9.17) is 11.6 Å². The van der Waals surface area contributed by atoms with Crippen molar-refractivity contribution < 1.29 is 9.90 Å². The third-order valence-electron chi connectivity index (χ3n) is 4.38. The molecule has 0 fully saturated rings. The Morgan fingerprint density at radius 1 is 1.24 bits per heavy atom. The third kappa shape index (κ3) is 3.35. The lowest BCUT2D eigenvalue weighted by Gasteiger charge is -2.12. The summed E-state index contributed by atoms with van der Waals surface area (Å²) in [6.07, 6.45) is 2.03. The molecule has 3 rings (SSSR count). The van der Waals surface area contributed by atoms with Gasteiger partial charge >= 0.3 is 0 Å². The van der Waals surface area contributed by atoms with Gasteiger partial charge in [-0.2, -0.15) is 0 Å². The fourth-order valence-corrected chi connectivity index (χ4v) is 3.28. The summed E-state index contributed by atoms with van der Waals surface area (Å²) in [6.45, 7) is 4.86. The van der Waals surface area contributed by atoms with Gasteiger partial charge in [0.1, 0.15) is 11.4 Å². The highest BCUT2D eigenvalue weighted by Crippen LogP contribution is 2.30. The SMILES string of the molecule is CCCCn1c(C(=O)Nc2cc(Cl)ccc2O)c(C)c2ccccc21. The molecule has 25 heavy (non-hydrogen) atoms. The van der Waals surface area contributed by atoms with Crippen LogP contribution in [-0.2, 0) is 6.54 Å². The molecule has 1 aromatic heterocycles. The van der Waals surface area contributed by atoms with Crippen molar-refractivity contribution in [2.45, 2.75) is 33.2 Å². The van der Waals surface area contributed by atoms with Gasteiger partial charge in [-0.05, 0) is 43.2 Å². The summed E-state index contributed by atoms with van der Waals surface area (Å²) in [7, 11) is 0. The fraction of sp³-hybridized carbons (Fsp3) is 0.250. The quantitative estimate of drug-likeness (QED) is 0.604. The minimum Gasteiger partial charge on any atom is -0.506 e. The second kappa shape index (κ2) is 7.19. The Bertz CT molecular complexity index is 931. The van der Waals surface area contributed by atoms with Gasteiger partial charge in [0.25, 0.3) is 5.91 Å². The van der Waals surface area contributed by atoms with Crippen LogP contribution in [0.2, 0.25) is 5.02 Å². The minimum absolute atomic E-state index is 0.00776. The number of halogens is 1. The highest BCUT2D eigenvalue weighted by Gasteiger charge is 2.20. The number of aromatic nitrogens is 1. The van der Waals surface area contributed by atoms with Gasteiger partial charge in [0, 0.05) is 22.5 Å². The van der Waals surface area contributed by atoms with Crippen molar-refractivity contribution in [1.82, 2.24) is 4.57 Å². The number of para-hydroxylation sites is 1. The van der Waals surface area contributed by atoms with Crippen LogP contribution in [-0.4, -0.2) is 15.6 Å². The van der Waals surface area contributed by atoms with Gasteiger partial charge in [-0.3, -0.25) is 4.79 Å². The average Bonchev–Trinajstić information content (AvgIpc) is 2.89. The van der Waals surface area contributed by atoms with E-state index in [0.717, 1.165) is 35.9 Å². The Hall–Kier alpha value is -2.46. The zero-order chi connectivity index (χ0) is 18.0. The van der Waals surface area contributed by atoms with E-state index in [2.05, 4.69) is 16.8 Å². The van der Waals surface area contributed by atoms with Gasteiger partial charge in [0.05, 0.1) is 5.69 Å². The standard InChI is InChI=1S/C20H21ClN2O2/c1-3-4-11-23-17-8-6-5-7-15(17)13(2)19(23)20(25)22-16-12-14(21)9-10-18(16)24/h5-10,12,24H,3-4,11H2,1-2H3,(H,22,25). The van der Waals surface area contributed by atoms with Gasteiger partial charge < -0.3 is 15.0 Å². The topological polar surface area (TPSA) is 54.3 Å². The highest BCUT2D eigenvalue weighted by atomic mass is 35.5. The predicted molar refractivity (Wildman–Crippen MR) is 103 cm³/mol. The van der Waals surface area contributed by atoms with Crippen LogP contribution >= 0.6 is 11.6 Å². The second-order valence-corrected chi connectivity index (χ2v) is 6.55. The first-order chi connectivity index (χ1) is 12.0. The van der Waals surface area contributed by atoms with Crippen LogP contribution in [0.5, 0.6) is 5.75 Å². The number of fused-ring (bicyclic) bond motifs is 1. The number of benzene rings is 2. The number of anilines is 1. The normalized spacial score (nSPS) is 11.0. The van der Waals surface area contributed by atoms with Crippen molar-refractivity contribution >= 4 is 34.1 Å². The van der Waals surface area contributed by atoms with E-state index >= 15 is 0 Å². The molecule has 0 aliphatic carbocycles. The minimum atomic E-state index is -0.248. The molecule has 0 radical (unpaired) electrons. The Morgan fingerprint density at radius 2 is 2.00 bits per heavy atom. The van der Waals surface area contributed by atoms with Crippen LogP contribution in [0.3, 0.4) is 0 Å². The molecule has 3 aromatic rings. The first-order valence-electron chi connectivity index (χ1n) is 8.40. The van der Waals surface area contributed by atoms with E-state index in [1.807, 2.05) is 31.2 Å². The maximum Gasteiger partial charge on any atom is 0.272 e. The summed E-state index contributed by atoms with van der Waals surface area (Å²) in [6, 6.07) is 12.6. The molecule has 0 atom stereocenters. The second-order valence-electron chi connectivity index (χ2n) is 6.11. The van der Waals surface area contributed by atoms with E-state index < -0.39 is 0 Å². The summed E-state index contributed by atoms with van der Waals surface area (Å²) >= 11 is 5.97. The number of amides is 1. The molecular weight excluding hydrogens is 336 g/mol. The predicted octanol–water partition coefficient (Wildman–Crippen LogP) is 5.36. The molecule has 0 saturated carbocycles.